The molecule has 0 fully saturated rings. The van der Waals surface area contributed by atoms with Crippen molar-refractivity contribution >= 4 is 17.7 Å². The lowest BCUT2D eigenvalue weighted by molar-refractivity contribution is -0.121. The van der Waals surface area contributed by atoms with E-state index in [2.05, 4.69) is 51.3 Å². The monoisotopic (exact) mass is 502 g/mol. The van der Waals surface area contributed by atoms with Crippen LogP contribution in [0.1, 0.15) is 50.4 Å². The normalized spacial score (nSPS) is 13.2. The number of methoxy groups -OCH3 is 1. The molecule has 1 aliphatic carbocycles. The summed E-state index contributed by atoms with van der Waals surface area (Å²) in [5, 5.41) is 13.0. The summed E-state index contributed by atoms with van der Waals surface area (Å²) in [6, 6.07) is 18.0. The van der Waals surface area contributed by atoms with Gasteiger partial charge in [0, 0.05) is 36.4 Å². The predicted octanol–water partition coefficient (Wildman–Crippen LogP) is 6.06. The van der Waals surface area contributed by atoms with E-state index in [0.29, 0.717) is 13.0 Å². The minimum atomic E-state index is 0.0479. The van der Waals surface area contributed by atoms with Crippen molar-refractivity contribution in [1.29, 1.82) is 0 Å². The Morgan fingerprint density at radius 1 is 1.03 bits per heavy atom. The van der Waals surface area contributed by atoms with Crippen molar-refractivity contribution in [3.05, 3.63) is 89.3 Å². The SMILES string of the molecule is COc1ccccc1CNC(=O)CCCCc1nnc(SCC2=CC=C(C)CC2)n1-c1ccccc1. The van der Waals surface area contributed by atoms with Crippen LogP contribution in [0.3, 0.4) is 0 Å². The first-order valence-electron chi connectivity index (χ1n) is 12.5. The fourth-order valence-electron chi connectivity index (χ4n) is 4.15. The number of hydrogen-bond donors (Lipinski definition) is 1. The first-order valence-corrected chi connectivity index (χ1v) is 13.5. The molecule has 1 aliphatic rings. The Bertz CT molecular complexity index is 1220. The number of amides is 1. The highest BCUT2D eigenvalue weighted by atomic mass is 32.2. The molecule has 7 heteroatoms. The molecule has 0 aliphatic heterocycles. The van der Waals surface area contributed by atoms with Crippen LogP contribution in [0.2, 0.25) is 0 Å². The zero-order valence-electron chi connectivity index (χ0n) is 21.1. The Hall–Kier alpha value is -3.32. The highest BCUT2D eigenvalue weighted by Gasteiger charge is 2.16. The van der Waals surface area contributed by atoms with E-state index in [1.54, 1.807) is 18.9 Å². The molecule has 1 heterocycles. The molecular weight excluding hydrogens is 468 g/mol. The minimum absolute atomic E-state index is 0.0479. The summed E-state index contributed by atoms with van der Waals surface area (Å²) in [6.07, 6.45) is 9.63. The van der Waals surface area contributed by atoms with Gasteiger partial charge in [-0.2, -0.15) is 0 Å². The zero-order chi connectivity index (χ0) is 25.2. The average Bonchev–Trinajstić information content (AvgIpc) is 3.33. The van der Waals surface area contributed by atoms with Crippen LogP contribution in [0.25, 0.3) is 5.69 Å². The number of aromatic nitrogens is 3. The van der Waals surface area contributed by atoms with Crippen LogP contribution in [0.4, 0.5) is 0 Å². The van der Waals surface area contributed by atoms with E-state index in [4.69, 9.17) is 4.74 Å². The topological polar surface area (TPSA) is 69.0 Å². The largest absolute Gasteiger partial charge is 0.496 e. The van der Waals surface area contributed by atoms with Gasteiger partial charge in [-0.15, -0.1) is 10.2 Å². The van der Waals surface area contributed by atoms with E-state index in [9.17, 15) is 4.79 Å². The van der Waals surface area contributed by atoms with Crippen LogP contribution in [-0.4, -0.2) is 33.5 Å². The highest BCUT2D eigenvalue weighted by Crippen LogP contribution is 2.28. The number of benzene rings is 2. The number of para-hydroxylation sites is 2. The fourth-order valence-corrected chi connectivity index (χ4v) is 5.15. The predicted molar refractivity (Wildman–Crippen MR) is 146 cm³/mol. The van der Waals surface area contributed by atoms with Gasteiger partial charge in [0.1, 0.15) is 11.6 Å². The van der Waals surface area contributed by atoms with Crippen molar-refractivity contribution in [3.8, 4) is 11.4 Å². The molecule has 0 saturated carbocycles. The molecule has 6 nitrogen and oxygen atoms in total. The van der Waals surface area contributed by atoms with Gasteiger partial charge < -0.3 is 10.1 Å². The first-order chi connectivity index (χ1) is 17.6. The van der Waals surface area contributed by atoms with E-state index in [-0.39, 0.29) is 5.91 Å². The summed E-state index contributed by atoms with van der Waals surface area (Å²) in [6.45, 7) is 2.65. The van der Waals surface area contributed by atoms with Gasteiger partial charge in [-0.25, -0.2) is 0 Å². The molecule has 0 spiro atoms. The van der Waals surface area contributed by atoms with Crippen molar-refractivity contribution in [2.24, 2.45) is 0 Å². The molecule has 188 valence electrons. The van der Waals surface area contributed by atoms with Crippen LogP contribution in [-0.2, 0) is 17.8 Å². The van der Waals surface area contributed by atoms with Crippen LogP contribution in [0, 0.1) is 0 Å². The number of rotatable bonds is 12. The van der Waals surface area contributed by atoms with E-state index in [1.165, 1.54) is 11.1 Å². The molecule has 3 aromatic rings. The van der Waals surface area contributed by atoms with E-state index in [0.717, 1.165) is 65.8 Å². The molecule has 36 heavy (non-hydrogen) atoms. The lowest BCUT2D eigenvalue weighted by Crippen LogP contribution is -2.22. The Balaban J connectivity index is 1.32. The minimum Gasteiger partial charge on any atom is -0.496 e. The third-order valence-corrected chi connectivity index (χ3v) is 7.31. The number of nitrogens with one attached hydrogen (secondary N) is 1. The third kappa shape index (κ3) is 7.10. The van der Waals surface area contributed by atoms with Gasteiger partial charge in [-0.3, -0.25) is 9.36 Å². The molecule has 1 aromatic heterocycles. The lowest BCUT2D eigenvalue weighted by atomic mass is 10.0. The second kappa shape index (κ2) is 13.1. The summed E-state index contributed by atoms with van der Waals surface area (Å²) in [7, 11) is 1.64. The van der Waals surface area contributed by atoms with Crippen molar-refractivity contribution in [3.63, 3.8) is 0 Å². The van der Waals surface area contributed by atoms with Crippen molar-refractivity contribution in [2.45, 2.75) is 57.1 Å². The van der Waals surface area contributed by atoms with E-state index >= 15 is 0 Å². The third-order valence-electron chi connectivity index (χ3n) is 6.27. The van der Waals surface area contributed by atoms with Crippen molar-refractivity contribution in [1.82, 2.24) is 20.1 Å². The molecule has 0 radical (unpaired) electrons. The number of nitrogens with zero attached hydrogens (tertiary/aromatic N) is 3. The Morgan fingerprint density at radius 2 is 1.83 bits per heavy atom. The molecular formula is C29H34N4O2S. The number of unbranched alkanes of at least 4 members (excludes halogenated alkanes) is 1. The summed E-state index contributed by atoms with van der Waals surface area (Å²) >= 11 is 1.74. The maximum absolute atomic E-state index is 12.4. The van der Waals surface area contributed by atoms with Crippen LogP contribution >= 0.6 is 11.8 Å². The van der Waals surface area contributed by atoms with E-state index in [1.807, 2.05) is 42.5 Å². The molecule has 1 amide bonds. The highest BCUT2D eigenvalue weighted by molar-refractivity contribution is 7.99. The molecule has 1 N–H and O–H groups in total. The maximum Gasteiger partial charge on any atom is 0.220 e. The number of ether oxygens (including phenoxy) is 1. The smallest absolute Gasteiger partial charge is 0.220 e. The molecule has 0 atom stereocenters. The second-order valence-corrected chi connectivity index (χ2v) is 9.93. The first kappa shape index (κ1) is 25.8. The molecule has 2 aromatic carbocycles. The standard InChI is InChI=1S/C29H34N4O2S/c1-22-16-18-23(19-17-22)21-36-29-32-31-27(33(29)25-11-4-3-5-12-25)14-8-9-15-28(34)30-20-24-10-6-7-13-26(24)35-2/h3-7,10-13,16,18H,8-9,14-15,17,19-21H2,1-2H3,(H,30,34). The lowest BCUT2D eigenvalue weighted by Gasteiger charge is -2.13. The fraction of sp³-hybridized carbons (Fsp3) is 0.345. The summed E-state index contributed by atoms with van der Waals surface area (Å²) < 4.78 is 7.52. The van der Waals surface area contributed by atoms with Gasteiger partial charge in [-0.1, -0.05) is 71.5 Å². The summed E-state index contributed by atoms with van der Waals surface area (Å²) in [5.41, 5.74) is 4.92. The van der Waals surface area contributed by atoms with Crippen LogP contribution in [0.15, 0.2) is 83.1 Å². The van der Waals surface area contributed by atoms with Gasteiger partial charge in [0.15, 0.2) is 5.16 Å². The average molecular weight is 503 g/mol. The van der Waals surface area contributed by atoms with Crippen molar-refractivity contribution in [2.75, 3.05) is 12.9 Å². The Labute approximate surface area is 217 Å². The van der Waals surface area contributed by atoms with Gasteiger partial charge in [0.2, 0.25) is 5.91 Å². The number of thioether (sulfide) groups is 1. The quantitative estimate of drug-likeness (QED) is 0.241. The zero-order valence-corrected chi connectivity index (χ0v) is 21.9. The van der Waals surface area contributed by atoms with Crippen LogP contribution in [0.5, 0.6) is 5.75 Å². The Morgan fingerprint density at radius 3 is 2.61 bits per heavy atom. The number of allylic oxidation sites excluding steroid dienone is 3. The Kier molecular flexibility index (Phi) is 9.39. The van der Waals surface area contributed by atoms with Gasteiger partial charge >= 0.3 is 0 Å². The van der Waals surface area contributed by atoms with Gasteiger partial charge in [0.25, 0.3) is 0 Å². The number of carbonyl (C=O) groups excluding carboxylic acids is 1. The van der Waals surface area contributed by atoms with Crippen molar-refractivity contribution < 1.29 is 9.53 Å². The molecule has 0 bridgehead atoms. The van der Waals surface area contributed by atoms with Crippen LogP contribution < -0.4 is 10.1 Å². The summed E-state index contributed by atoms with van der Waals surface area (Å²) in [5.74, 6) is 2.69. The molecule has 0 unspecified atom stereocenters. The number of hydrogen-bond acceptors (Lipinski definition) is 5. The van der Waals surface area contributed by atoms with Gasteiger partial charge in [-0.05, 0) is 50.8 Å². The molecule has 4 rings (SSSR count). The molecule has 0 saturated heterocycles. The number of carbonyl (C=O) groups is 1. The maximum atomic E-state index is 12.4. The second-order valence-electron chi connectivity index (χ2n) is 8.99. The van der Waals surface area contributed by atoms with E-state index < -0.39 is 0 Å². The summed E-state index contributed by atoms with van der Waals surface area (Å²) in [4.78, 5) is 12.4. The van der Waals surface area contributed by atoms with Gasteiger partial charge in [0.05, 0.1) is 7.11 Å². The number of aryl methyl sites for hydroxylation is 1.